The molecule has 1 amide bonds. The van der Waals surface area contributed by atoms with Crippen molar-refractivity contribution in [1.29, 1.82) is 0 Å². The summed E-state index contributed by atoms with van der Waals surface area (Å²) in [6.07, 6.45) is -1.70. The van der Waals surface area contributed by atoms with Gasteiger partial charge in [-0.2, -0.15) is 18.3 Å². The van der Waals surface area contributed by atoms with Crippen LogP contribution in [0.25, 0.3) is 5.69 Å². The third-order valence-electron chi connectivity index (χ3n) is 3.17. The molecule has 0 unspecified atom stereocenters. The Morgan fingerprint density at radius 1 is 1.25 bits per heavy atom. The van der Waals surface area contributed by atoms with Crippen LogP contribution in [0.5, 0.6) is 0 Å². The van der Waals surface area contributed by atoms with Crippen LogP contribution in [0.4, 0.5) is 13.2 Å². The van der Waals surface area contributed by atoms with Crippen LogP contribution in [0.3, 0.4) is 0 Å². The average molecular weight is 363 g/mol. The predicted molar refractivity (Wildman–Crippen MR) is 86.4 cm³/mol. The summed E-state index contributed by atoms with van der Waals surface area (Å²) in [5, 5.41) is 6.22. The van der Waals surface area contributed by atoms with Gasteiger partial charge in [-0.05, 0) is 43.7 Å². The van der Waals surface area contributed by atoms with Gasteiger partial charge in [-0.1, -0.05) is 6.07 Å². The first-order valence-electron chi connectivity index (χ1n) is 7.13. The van der Waals surface area contributed by atoms with E-state index in [-0.39, 0.29) is 18.3 Å². The van der Waals surface area contributed by atoms with Crippen molar-refractivity contribution in [3.05, 3.63) is 47.8 Å². The van der Waals surface area contributed by atoms with Gasteiger partial charge in [0.1, 0.15) is 0 Å². The molecule has 0 aliphatic heterocycles. The second kappa shape index (κ2) is 8.70. The monoisotopic (exact) mass is 362 g/mol. The van der Waals surface area contributed by atoms with Crippen molar-refractivity contribution in [2.45, 2.75) is 19.0 Å². The molecular formula is C15H18ClF3N4O. The van der Waals surface area contributed by atoms with Gasteiger partial charge in [0.2, 0.25) is 0 Å². The number of aromatic nitrogens is 2. The van der Waals surface area contributed by atoms with Gasteiger partial charge in [0, 0.05) is 18.3 Å². The van der Waals surface area contributed by atoms with Crippen molar-refractivity contribution in [3.8, 4) is 5.69 Å². The van der Waals surface area contributed by atoms with Gasteiger partial charge in [-0.15, -0.1) is 12.4 Å². The molecule has 3 N–H and O–H groups in total. The number of carbonyl (C=O) groups is 1. The minimum Gasteiger partial charge on any atom is -0.352 e. The second-order valence-electron chi connectivity index (χ2n) is 4.95. The highest BCUT2D eigenvalue weighted by molar-refractivity contribution is 5.94. The van der Waals surface area contributed by atoms with Crippen LogP contribution in [0, 0.1) is 0 Å². The van der Waals surface area contributed by atoms with Crippen molar-refractivity contribution in [3.63, 3.8) is 0 Å². The molecule has 0 saturated heterocycles. The first-order chi connectivity index (χ1) is 10.9. The zero-order valence-corrected chi connectivity index (χ0v) is 13.5. The molecule has 24 heavy (non-hydrogen) atoms. The van der Waals surface area contributed by atoms with E-state index in [9.17, 15) is 18.0 Å². The molecular weight excluding hydrogens is 345 g/mol. The zero-order chi connectivity index (χ0) is 16.9. The molecule has 0 aliphatic carbocycles. The largest absolute Gasteiger partial charge is 0.435 e. The van der Waals surface area contributed by atoms with E-state index >= 15 is 0 Å². The lowest BCUT2D eigenvalue weighted by atomic mass is 10.2. The molecule has 0 aliphatic rings. The van der Waals surface area contributed by atoms with E-state index in [1.165, 1.54) is 12.3 Å². The van der Waals surface area contributed by atoms with E-state index in [1.54, 1.807) is 18.2 Å². The SMILES string of the molecule is Cl.NCCCCNC(=O)c1cccc(-n2ccc(C(F)(F)F)n2)c1. The Morgan fingerprint density at radius 3 is 2.62 bits per heavy atom. The molecule has 0 bridgehead atoms. The van der Waals surface area contributed by atoms with E-state index in [0.717, 1.165) is 23.6 Å². The molecule has 132 valence electrons. The normalized spacial score (nSPS) is 11.0. The molecule has 2 rings (SSSR count). The lowest BCUT2D eigenvalue weighted by Gasteiger charge is -2.07. The van der Waals surface area contributed by atoms with Gasteiger partial charge in [0.25, 0.3) is 5.91 Å². The number of rotatable bonds is 6. The Bertz CT molecular complexity index is 673. The molecule has 2 aromatic rings. The van der Waals surface area contributed by atoms with Gasteiger partial charge in [-0.25, -0.2) is 4.68 Å². The van der Waals surface area contributed by atoms with Crippen LogP contribution in [0.2, 0.25) is 0 Å². The summed E-state index contributed by atoms with van der Waals surface area (Å²) in [5.74, 6) is -0.285. The number of hydrogen-bond acceptors (Lipinski definition) is 3. The summed E-state index contributed by atoms with van der Waals surface area (Å²) in [6, 6.07) is 7.15. The predicted octanol–water partition coefficient (Wildman–Crippen LogP) is 2.78. The number of amides is 1. The first kappa shape index (κ1) is 20.0. The fraction of sp³-hybridized carbons (Fsp3) is 0.333. The number of nitrogens with zero attached hydrogens (tertiary/aromatic N) is 2. The topological polar surface area (TPSA) is 72.9 Å². The Morgan fingerprint density at radius 2 is 2.00 bits per heavy atom. The van der Waals surface area contributed by atoms with Crippen LogP contribution >= 0.6 is 12.4 Å². The van der Waals surface area contributed by atoms with E-state index < -0.39 is 11.9 Å². The van der Waals surface area contributed by atoms with E-state index in [1.807, 2.05) is 0 Å². The summed E-state index contributed by atoms with van der Waals surface area (Å²) in [6.45, 7) is 1.06. The van der Waals surface area contributed by atoms with Gasteiger partial charge >= 0.3 is 6.18 Å². The molecule has 1 aromatic carbocycles. The molecule has 1 heterocycles. The lowest BCUT2D eigenvalue weighted by molar-refractivity contribution is -0.141. The molecule has 9 heteroatoms. The number of hydrogen-bond donors (Lipinski definition) is 2. The number of nitrogens with two attached hydrogens (primary N) is 1. The Labute approximate surface area is 143 Å². The molecule has 0 atom stereocenters. The summed E-state index contributed by atoms with van der Waals surface area (Å²) in [5.41, 5.74) is 5.14. The Hall–Kier alpha value is -2.06. The highest BCUT2D eigenvalue weighted by Gasteiger charge is 2.33. The average Bonchev–Trinajstić information content (AvgIpc) is 3.02. The van der Waals surface area contributed by atoms with Gasteiger partial charge in [-0.3, -0.25) is 4.79 Å². The number of alkyl halides is 3. The summed E-state index contributed by atoms with van der Waals surface area (Å²) >= 11 is 0. The maximum atomic E-state index is 12.6. The number of benzene rings is 1. The van der Waals surface area contributed by atoms with E-state index in [4.69, 9.17) is 5.73 Å². The third kappa shape index (κ3) is 5.24. The molecule has 0 radical (unpaired) electrons. The summed E-state index contributed by atoms with van der Waals surface area (Å²) < 4.78 is 38.8. The van der Waals surface area contributed by atoms with Crippen molar-refractivity contribution < 1.29 is 18.0 Å². The maximum Gasteiger partial charge on any atom is 0.435 e. The van der Waals surface area contributed by atoms with Crippen molar-refractivity contribution in [2.24, 2.45) is 5.73 Å². The maximum absolute atomic E-state index is 12.6. The highest BCUT2D eigenvalue weighted by atomic mass is 35.5. The van der Waals surface area contributed by atoms with Crippen LogP contribution in [0.1, 0.15) is 28.9 Å². The quantitative estimate of drug-likeness (QED) is 0.776. The van der Waals surface area contributed by atoms with E-state index in [0.29, 0.717) is 24.3 Å². The van der Waals surface area contributed by atoms with Crippen molar-refractivity contribution in [2.75, 3.05) is 13.1 Å². The van der Waals surface area contributed by atoms with Gasteiger partial charge in [0.15, 0.2) is 5.69 Å². The minimum atomic E-state index is -4.50. The number of unbranched alkanes of at least 4 members (excludes halogenated alkanes) is 1. The van der Waals surface area contributed by atoms with Gasteiger partial charge in [0.05, 0.1) is 5.69 Å². The van der Waals surface area contributed by atoms with Crippen molar-refractivity contribution >= 4 is 18.3 Å². The molecule has 1 aromatic heterocycles. The fourth-order valence-electron chi connectivity index (χ4n) is 1.98. The first-order valence-corrected chi connectivity index (χ1v) is 7.13. The molecule has 0 saturated carbocycles. The standard InChI is InChI=1S/C15H17F3N4O.ClH/c16-15(17,18)13-6-9-22(21-13)12-5-3-4-11(10-12)14(23)20-8-2-1-7-19;/h3-6,9-10H,1-2,7-8,19H2,(H,20,23);1H. The summed E-state index contributed by atoms with van der Waals surface area (Å²) in [4.78, 5) is 12.0. The van der Waals surface area contributed by atoms with Gasteiger partial charge < -0.3 is 11.1 Å². The van der Waals surface area contributed by atoms with E-state index in [2.05, 4.69) is 10.4 Å². The lowest BCUT2D eigenvalue weighted by Crippen LogP contribution is -2.25. The Balaban J connectivity index is 0.00000288. The molecule has 0 spiro atoms. The smallest absolute Gasteiger partial charge is 0.352 e. The minimum absolute atomic E-state index is 0. The number of nitrogens with one attached hydrogen (secondary N) is 1. The third-order valence-corrected chi connectivity index (χ3v) is 3.17. The fourth-order valence-corrected chi connectivity index (χ4v) is 1.98. The molecule has 0 fully saturated rings. The summed E-state index contributed by atoms with van der Waals surface area (Å²) in [7, 11) is 0. The van der Waals surface area contributed by atoms with Crippen LogP contribution in [-0.2, 0) is 6.18 Å². The Kier molecular flexibility index (Phi) is 7.24. The van der Waals surface area contributed by atoms with Crippen molar-refractivity contribution in [1.82, 2.24) is 15.1 Å². The molecule has 5 nitrogen and oxygen atoms in total. The number of halogens is 4. The second-order valence-corrected chi connectivity index (χ2v) is 4.95. The van der Waals surface area contributed by atoms with Crippen LogP contribution < -0.4 is 11.1 Å². The number of carbonyl (C=O) groups excluding carboxylic acids is 1. The van der Waals surface area contributed by atoms with Crippen LogP contribution in [0.15, 0.2) is 36.5 Å². The zero-order valence-electron chi connectivity index (χ0n) is 12.7. The highest BCUT2D eigenvalue weighted by Crippen LogP contribution is 2.27. The van der Waals surface area contributed by atoms with Crippen LogP contribution in [-0.4, -0.2) is 28.8 Å².